The summed E-state index contributed by atoms with van der Waals surface area (Å²) in [6.45, 7) is -0.151. The molecule has 1 heterocycles. The minimum atomic E-state index is -0.539. The largest absolute Gasteiger partial charge is 0.272 e. The zero-order chi connectivity index (χ0) is 8.97. The van der Waals surface area contributed by atoms with E-state index in [-0.39, 0.29) is 12.3 Å². The smallest absolute Gasteiger partial charge is 0.258 e. The fourth-order valence-electron chi connectivity index (χ4n) is 0.724. The fourth-order valence-corrected chi connectivity index (χ4v) is 0.724. The van der Waals surface area contributed by atoms with Gasteiger partial charge in [-0.3, -0.25) is 20.4 Å². The van der Waals surface area contributed by atoms with Crippen molar-refractivity contribution < 1.29 is 15.1 Å². The van der Waals surface area contributed by atoms with Gasteiger partial charge in [-0.25, -0.2) is 4.89 Å². The molecule has 0 saturated heterocycles. The van der Waals surface area contributed by atoms with E-state index in [1.54, 1.807) is 0 Å². The van der Waals surface area contributed by atoms with Crippen LogP contribution in [0.5, 0.6) is 0 Å². The van der Waals surface area contributed by atoms with Crippen LogP contribution in [0.2, 0.25) is 0 Å². The van der Waals surface area contributed by atoms with Crippen LogP contribution >= 0.6 is 0 Å². The lowest BCUT2D eigenvalue weighted by atomic mass is 10.3. The number of nitro groups is 1. The highest BCUT2D eigenvalue weighted by molar-refractivity contribution is 5.29. The van der Waals surface area contributed by atoms with Crippen molar-refractivity contribution in [2.24, 2.45) is 0 Å². The molecule has 6 nitrogen and oxygen atoms in total. The average molecular weight is 170 g/mol. The molecule has 0 bridgehead atoms. The Labute approximate surface area is 67.5 Å². The molecule has 0 unspecified atom stereocenters. The van der Waals surface area contributed by atoms with E-state index >= 15 is 0 Å². The quantitative estimate of drug-likeness (QED) is 0.415. The predicted octanol–water partition coefficient (Wildman–Crippen LogP) is 0.979. The highest BCUT2D eigenvalue weighted by Crippen LogP contribution is 2.10. The van der Waals surface area contributed by atoms with E-state index < -0.39 is 4.92 Å². The molecule has 0 aromatic carbocycles. The van der Waals surface area contributed by atoms with Gasteiger partial charge >= 0.3 is 0 Å². The summed E-state index contributed by atoms with van der Waals surface area (Å²) in [4.78, 5) is 17.2. The SMILES string of the molecule is O=[N+]([O-])c1ccnc(COO)c1. The lowest BCUT2D eigenvalue weighted by Gasteiger charge is -1.95. The van der Waals surface area contributed by atoms with Gasteiger partial charge in [-0.1, -0.05) is 0 Å². The summed E-state index contributed by atoms with van der Waals surface area (Å²) in [6, 6.07) is 2.50. The number of pyridine rings is 1. The molecule has 0 amide bonds. The summed E-state index contributed by atoms with van der Waals surface area (Å²) >= 11 is 0. The van der Waals surface area contributed by atoms with E-state index in [0.29, 0.717) is 5.69 Å². The van der Waals surface area contributed by atoms with Gasteiger partial charge in [-0.2, -0.15) is 0 Å². The van der Waals surface area contributed by atoms with Crippen molar-refractivity contribution in [2.75, 3.05) is 0 Å². The molecule has 0 spiro atoms. The van der Waals surface area contributed by atoms with Gasteiger partial charge in [0.15, 0.2) is 0 Å². The first-order valence-corrected chi connectivity index (χ1v) is 3.09. The molecule has 1 N–H and O–H groups in total. The second kappa shape index (κ2) is 3.74. The molecule has 0 aliphatic carbocycles. The summed E-state index contributed by atoms with van der Waals surface area (Å²) in [7, 11) is 0. The minimum absolute atomic E-state index is 0.0722. The number of aromatic nitrogens is 1. The zero-order valence-corrected chi connectivity index (χ0v) is 6.01. The molecule has 0 fully saturated rings. The number of hydrogen-bond donors (Lipinski definition) is 1. The topological polar surface area (TPSA) is 85.5 Å². The minimum Gasteiger partial charge on any atom is -0.258 e. The van der Waals surface area contributed by atoms with Crippen molar-refractivity contribution in [1.82, 2.24) is 4.98 Å². The van der Waals surface area contributed by atoms with Crippen LogP contribution in [-0.4, -0.2) is 15.2 Å². The standard InChI is InChI=1S/C6H6N2O4/c9-8(10)6-1-2-7-5(3-6)4-12-11/h1-3,11H,4H2. The van der Waals surface area contributed by atoms with Crippen molar-refractivity contribution in [1.29, 1.82) is 0 Å². The van der Waals surface area contributed by atoms with Crippen molar-refractivity contribution in [3.05, 3.63) is 34.1 Å². The van der Waals surface area contributed by atoms with Crippen molar-refractivity contribution >= 4 is 5.69 Å². The second-order valence-corrected chi connectivity index (χ2v) is 2.04. The highest BCUT2D eigenvalue weighted by Gasteiger charge is 2.05. The number of rotatable bonds is 3. The van der Waals surface area contributed by atoms with E-state index in [9.17, 15) is 10.1 Å². The van der Waals surface area contributed by atoms with Gasteiger partial charge in [-0.15, -0.1) is 0 Å². The van der Waals surface area contributed by atoms with Crippen LogP contribution < -0.4 is 0 Å². The monoisotopic (exact) mass is 170 g/mol. The van der Waals surface area contributed by atoms with Gasteiger partial charge in [-0.05, 0) is 0 Å². The fraction of sp³-hybridized carbons (Fsp3) is 0.167. The second-order valence-electron chi connectivity index (χ2n) is 2.04. The van der Waals surface area contributed by atoms with Crippen LogP contribution in [0, 0.1) is 10.1 Å². The van der Waals surface area contributed by atoms with Gasteiger partial charge in [0.25, 0.3) is 5.69 Å². The van der Waals surface area contributed by atoms with Gasteiger partial charge in [0.2, 0.25) is 0 Å². The van der Waals surface area contributed by atoms with E-state index in [2.05, 4.69) is 9.87 Å². The van der Waals surface area contributed by atoms with Gasteiger partial charge in [0.05, 0.1) is 10.6 Å². The first-order valence-electron chi connectivity index (χ1n) is 3.09. The summed E-state index contributed by atoms with van der Waals surface area (Å²) in [5, 5.41) is 18.3. The maximum absolute atomic E-state index is 10.2. The molecular weight excluding hydrogens is 164 g/mol. The lowest BCUT2D eigenvalue weighted by Crippen LogP contribution is -1.94. The van der Waals surface area contributed by atoms with E-state index in [0.717, 1.165) is 0 Å². The Morgan fingerprint density at radius 3 is 3.08 bits per heavy atom. The maximum atomic E-state index is 10.2. The van der Waals surface area contributed by atoms with Crippen molar-refractivity contribution in [3.8, 4) is 0 Å². The zero-order valence-electron chi connectivity index (χ0n) is 6.01. The molecule has 1 aromatic heterocycles. The van der Waals surface area contributed by atoms with E-state index in [4.69, 9.17) is 5.26 Å². The molecule has 6 heteroatoms. The van der Waals surface area contributed by atoms with Crippen LogP contribution in [0.3, 0.4) is 0 Å². The maximum Gasteiger partial charge on any atom is 0.272 e. The highest BCUT2D eigenvalue weighted by atomic mass is 17.1. The van der Waals surface area contributed by atoms with Crippen LogP contribution in [0.4, 0.5) is 5.69 Å². The molecule has 0 aliphatic heterocycles. The molecule has 12 heavy (non-hydrogen) atoms. The summed E-state index contributed by atoms with van der Waals surface area (Å²) in [6.07, 6.45) is 1.28. The van der Waals surface area contributed by atoms with Crippen LogP contribution in [0.25, 0.3) is 0 Å². The van der Waals surface area contributed by atoms with Gasteiger partial charge in [0, 0.05) is 18.3 Å². The Morgan fingerprint density at radius 1 is 1.75 bits per heavy atom. The first kappa shape index (κ1) is 8.57. The molecule has 0 radical (unpaired) electrons. The van der Waals surface area contributed by atoms with E-state index in [1.165, 1.54) is 18.3 Å². The average Bonchev–Trinajstić information content (AvgIpc) is 2.05. The first-order chi connectivity index (χ1) is 5.74. The third-order valence-electron chi connectivity index (χ3n) is 1.22. The van der Waals surface area contributed by atoms with Gasteiger partial charge < -0.3 is 0 Å². The van der Waals surface area contributed by atoms with Crippen molar-refractivity contribution in [3.63, 3.8) is 0 Å². The third-order valence-corrected chi connectivity index (χ3v) is 1.22. The Kier molecular flexibility index (Phi) is 2.67. The Bertz CT molecular complexity index is 289. The molecule has 0 atom stereocenters. The van der Waals surface area contributed by atoms with Crippen LogP contribution in [0.15, 0.2) is 18.3 Å². The molecule has 1 aromatic rings. The number of nitrogens with zero attached hydrogens (tertiary/aromatic N) is 2. The molecule has 0 aliphatic rings. The van der Waals surface area contributed by atoms with Crippen LogP contribution in [-0.2, 0) is 11.5 Å². The third kappa shape index (κ3) is 1.97. The number of hydrogen-bond acceptors (Lipinski definition) is 5. The summed E-state index contributed by atoms with van der Waals surface area (Å²) in [5.41, 5.74) is 0.240. The normalized spacial score (nSPS) is 9.75. The molecular formula is C6H6N2O4. The Balaban J connectivity index is 2.88. The van der Waals surface area contributed by atoms with E-state index in [1.807, 2.05) is 0 Å². The Hall–Kier alpha value is -1.53. The van der Waals surface area contributed by atoms with Gasteiger partial charge in [0.1, 0.15) is 6.61 Å². The molecule has 1 rings (SSSR count). The molecule has 64 valence electrons. The van der Waals surface area contributed by atoms with Crippen LogP contribution in [0.1, 0.15) is 5.69 Å². The summed E-state index contributed by atoms with van der Waals surface area (Å²) in [5.74, 6) is 0. The van der Waals surface area contributed by atoms with Crippen molar-refractivity contribution in [2.45, 2.75) is 6.61 Å². The molecule has 0 saturated carbocycles. The summed E-state index contributed by atoms with van der Waals surface area (Å²) < 4.78 is 0. The predicted molar refractivity (Wildman–Crippen MR) is 38.3 cm³/mol. The Morgan fingerprint density at radius 2 is 2.50 bits per heavy atom. The lowest BCUT2D eigenvalue weighted by molar-refractivity contribution is -0.385.